The maximum Gasteiger partial charge on any atom is 0.336 e. The van der Waals surface area contributed by atoms with E-state index in [1.54, 1.807) is 19.1 Å². The minimum Gasteiger partial charge on any atom is -0.480 e. The zero-order valence-electron chi connectivity index (χ0n) is 13.6. The summed E-state index contributed by atoms with van der Waals surface area (Å²) in [7, 11) is 0. The van der Waals surface area contributed by atoms with Gasteiger partial charge < -0.3 is 9.15 Å². The van der Waals surface area contributed by atoms with Crippen molar-refractivity contribution < 1.29 is 18.3 Å². The first kappa shape index (κ1) is 16.5. The molecule has 4 rings (SSSR count). The number of halogens is 2. The van der Waals surface area contributed by atoms with E-state index in [1.807, 2.05) is 0 Å². The van der Waals surface area contributed by atoms with Crippen LogP contribution in [0.3, 0.4) is 0 Å². The summed E-state index contributed by atoms with van der Waals surface area (Å²) >= 11 is 6.51. The number of hydrogen-bond donors (Lipinski definition) is 0. The molecule has 1 aliphatic rings. The summed E-state index contributed by atoms with van der Waals surface area (Å²) in [5, 5.41) is 0.852. The van der Waals surface area contributed by atoms with Crippen LogP contribution in [0.5, 0.6) is 5.75 Å². The van der Waals surface area contributed by atoms with E-state index in [1.165, 1.54) is 30.3 Å². The highest BCUT2D eigenvalue weighted by molar-refractivity contribution is 6.52. The third kappa shape index (κ3) is 2.52. The monoisotopic (exact) mass is 370 g/mol. The van der Waals surface area contributed by atoms with Crippen molar-refractivity contribution in [2.24, 2.45) is 0 Å². The fourth-order valence-corrected chi connectivity index (χ4v) is 3.44. The Hall–Kier alpha value is -2.92. The van der Waals surface area contributed by atoms with E-state index in [9.17, 15) is 14.0 Å². The van der Waals surface area contributed by atoms with Crippen LogP contribution in [0.1, 0.15) is 22.8 Å². The summed E-state index contributed by atoms with van der Waals surface area (Å²) in [5.41, 5.74) is 1.63. The number of hydrogen-bond acceptors (Lipinski definition) is 4. The quantitative estimate of drug-likeness (QED) is 0.491. The normalized spacial score (nSPS) is 16.3. The Labute approximate surface area is 152 Å². The minimum atomic E-state index is -0.776. The lowest BCUT2D eigenvalue weighted by atomic mass is 9.95. The first-order valence-corrected chi connectivity index (χ1v) is 8.22. The molecule has 2 aromatic carbocycles. The van der Waals surface area contributed by atoms with Crippen LogP contribution in [-0.4, -0.2) is 6.29 Å². The van der Waals surface area contributed by atoms with Gasteiger partial charge in [-0.15, -0.1) is 0 Å². The second kappa shape index (κ2) is 6.11. The van der Waals surface area contributed by atoms with Crippen LogP contribution in [0.25, 0.3) is 16.0 Å². The molecule has 1 aromatic heterocycles. The van der Waals surface area contributed by atoms with Crippen molar-refractivity contribution in [1.29, 1.82) is 0 Å². The molecule has 0 fully saturated rings. The second-order valence-electron chi connectivity index (χ2n) is 6.00. The molecule has 0 aliphatic carbocycles. The molecule has 0 radical (unpaired) electrons. The van der Waals surface area contributed by atoms with Gasteiger partial charge in [0, 0.05) is 11.5 Å². The largest absolute Gasteiger partial charge is 0.480 e. The van der Waals surface area contributed by atoms with Crippen LogP contribution in [-0.2, 0) is 4.79 Å². The molecule has 6 heteroatoms. The van der Waals surface area contributed by atoms with Gasteiger partial charge in [-0.1, -0.05) is 23.7 Å². The maximum atomic E-state index is 13.2. The maximum absolute atomic E-state index is 13.2. The summed E-state index contributed by atoms with van der Waals surface area (Å²) in [4.78, 5) is 23.5. The number of carbonyl (C=O) groups is 1. The molecular formula is C20H12ClFO4. The number of fused-ring (bicyclic) bond motifs is 3. The Balaban J connectivity index is 1.98. The molecule has 0 amide bonds. The standard InChI is InChI=1S/C20H12ClFO4/c1-10-8-16(24)26-20-13(10)6-7-15-17(20)18(21)14(9-23)19(25-15)11-2-4-12(22)5-3-11/h2-9,19H,1H3. The van der Waals surface area contributed by atoms with Crippen LogP contribution >= 0.6 is 11.6 Å². The molecule has 1 atom stereocenters. The van der Waals surface area contributed by atoms with E-state index in [4.69, 9.17) is 20.8 Å². The lowest BCUT2D eigenvalue weighted by molar-refractivity contribution is -0.105. The third-order valence-electron chi connectivity index (χ3n) is 4.38. The molecule has 0 saturated carbocycles. The molecule has 1 aliphatic heterocycles. The lowest BCUT2D eigenvalue weighted by Gasteiger charge is -2.27. The number of carbonyl (C=O) groups excluding carboxylic acids is 1. The fourth-order valence-electron chi connectivity index (χ4n) is 3.12. The third-order valence-corrected chi connectivity index (χ3v) is 4.79. The van der Waals surface area contributed by atoms with Gasteiger partial charge in [-0.2, -0.15) is 0 Å². The van der Waals surface area contributed by atoms with Gasteiger partial charge in [-0.3, -0.25) is 4.79 Å². The molecule has 130 valence electrons. The van der Waals surface area contributed by atoms with Crippen molar-refractivity contribution in [3.05, 3.63) is 81.0 Å². The first-order valence-electron chi connectivity index (χ1n) is 7.84. The Morgan fingerprint density at radius 3 is 2.58 bits per heavy atom. The second-order valence-corrected chi connectivity index (χ2v) is 6.38. The Morgan fingerprint density at radius 1 is 1.15 bits per heavy atom. The van der Waals surface area contributed by atoms with Crippen molar-refractivity contribution in [3.8, 4) is 5.75 Å². The molecule has 0 N–H and O–H groups in total. The molecule has 4 nitrogen and oxygen atoms in total. The average molecular weight is 371 g/mol. The molecular weight excluding hydrogens is 359 g/mol. The summed E-state index contributed by atoms with van der Waals surface area (Å²) in [6.07, 6.45) is -0.173. The van der Waals surface area contributed by atoms with Gasteiger partial charge in [0.25, 0.3) is 0 Å². The van der Waals surface area contributed by atoms with Gasteiger partial charge in [0.1, 0.15) is 11.6 Å². The summed E-state index contributed by atoms with van der Waals surface area (Å²) < 4.78 is 24.5. The molecule has 3 aromatic rings. The minimum absolute atomic E-state index is 0.148. The van der Waals surface area contributed by atoms with Gasteiger partial charge >= 0.3 is 5.63 Å². The Bertz CT molecular complexity index is 1130. The molecule has 0 saturated heterocycles. The SMILES string of the molecule is Cc1cc(=O)oc2c3c(ccc12)OC(c1ccc(F)cc1)C(C=O)=C3Cl. The van der Waals surface area contributed by atoms with Gasteiger partial charge in [0.15, 0.2) is 18.0 Å². The smallest absolute Gasteiger partial charge is 0.336 e. The van der Waals surface area contributed by atoms with Crippen molar-refractivity contribution in [1.82, 2.24) is 0 Å². The number of aryl methyl sites for hydroxylation is 1. The van der Waals surface area contributed by atoms with E-state index >= 15 is 0 Å². The molecule has 0 bridgehead atoms. The molecule has 1 unspecified atom stereocenters. The average Bonchev–Trinajstić information content (AvgIpc) is 2.61. The van der Waals surface area contributed by atoms with Crippen molar-refractivity contribution in [3.63, 3.8) is 0 Å². The first-order chi connectivity index (χ1) is 12.5. The number of benzene rings is 2. The van der Waals surface area contributed by atoms with E-state index in [0.717, 1.165) is 5.56 Å². The van der Waals surface area contributed by atoms with E-state index in [2.05, 4.69) is 0 Å². The van der Waals surface area contributed by atoms with Gasteiger partial charge in [0.2, 0.25) is 0 Å². The molecule has 0 spiro atoms. The van der Waals surface area contributed by atoms with Crippen LogP contribution < -0.4 is 10.4 Å². The summed E-state index contributed by atoms with van der Waals surface area (Å²) in [5.74, 6) is -0.00731. The zero-order chi connectivity index (χ0) is 18.4. The van der Waals surface area contributed by atoms with Crippen molar-refractivity contribution in [2.75, 3.05) is 0 Å². The van der Waals surface area contributed by atoms with Crippen LogP contribution in [0.2, 0.25) is 0 Å². The predicted molar refractivity (Wildman–Crippen MR) is 95.8 cm³/mol. The van der Waals surface area contributed by atoms with Crippen LogP contribution in [0.4, 0.5) is 4.39 Å². The van der Waals surface area contributed by atoms with E-state index < -0.39 is 17.5 Å². The summed E-state index contributed by atoms with van der Waals surface area (Å²) in [6, 6.07) is 10.5. The zero-order valence-corrected chi connectivity index (χ0v) is 14.3. The molecule has 2 heterocycles. The van der Waals surface area contributed by atoms with Crippen molar-refractivity contribution in [2.45, 2.75) is 13.0 Å². The topological polar surface area (TPSA) is 56.5 Å². The number of rotatable bonds is 2. The van der Waals surface area contributed by atoms with Crippen LogP contribution in [0, 0.1) is 12.7 Å². The fraction of sp³-hybridized carbons (Fsp3) is 0.100. The summed E-state index contributed by atoms with van der Waals surface area (Å²) in [6.45, 7) is 1.79. The van der Waals surface area contributed by atoms with Gasteiger partial charge in [-0.25, -0.2) is 9.18 Å². The van der Waals surface area contributed by atoms with E-state index in [0.29, 0.717) is 28.5 Å². The molecule has 26 heavy (non-hydrogen) atoms. The Kier molecular flexibility index (Phi) is 3.89. The number of ether oxygens (including phenoxy) is 1. The van der Waals surface area contributed by atoms with Crippen molar-refractivity contribution >= 4 is 33.9 Å². The van der Waals surface area contributed by atoms with E-state index in [-0.39, 0.29) is 16.2 Å². The Morgan fingerprint density at radius 2 is 1.88 bits per heavy atom. The van der Waals surface area contributed by atoms with Crippen LogP contribution in [0.15, 0.2) is 57.2 Å². The number of aldehydes is 1. The lowest BCUT2D eigenvalue weighted by Crippen LogP contribution is -2.18. The van der Waals surface area contributed by atoms with Gasteiger partial charge in [-0.05, 0) is 42.3 Å². The highest BCUT2D eigenvalue weighted by Gasteiger charge is 2.31. The highest BCUT2D eigenvalue weighted by Crippen LogP contribution is 2.46. The van der Waals surface area contributed by atoms with Gasteiger partial charge in [0.05, 0.1) is 16.2 Å². The predicted octanol–water partition coefficient (Wildman–Crippen LogP) is 4.52. The highest BCUT2D eigenvalue weighted by atomic mass is 35.5.